The molecule has 1 aromatic heterocycles. The Bertz CT molecular complexity index is 5320. The van der Waals surface area contributed by atoms with E-state index in [0.717, 1.165) is 45.4 Å². The Morgan fingerprint density at radius 1 is 0.368 bits per heavy atom. The lowest BCUT2D eigenvalue weighted by Crippen LogP contribution is -2.41. The number of nitrogens with zero attached hydrogens (tertiary/aromatic N) is 2. The molecule has 1 atom stereocenters. The first-order chi connectivity index (χ1) is 42.4. The monoisotopic (exact) mass is 1120 g/mol. The second kappa shape index (κ2) is 19.1. The highest BCUT2D eigenvalue weighted by Crippen LogP contribution is 2.54. The van der Waals surface area contributed by atoms with Crippen LogP contribution in [0.25, 0.3) is 110 Å². The van der Waals surface area contributed by atoms with Gasteiger partial charge in [-0.15, -0.1) is 0 Å². The summed E-state index contributed by atoms with van der Waals surface area (Å²) >= 11 is 0. The molecule has 0 spiro atoms. The van der Waals surface area contributed by atoms with E-state index < -0.39 is 0 Å². The number of anilines is 5. The summed E-state index contributed by atoms with van der Waals surface area (Å²) in [6.07, 6.45) is 3.32. The molecule has 0 bridgehead atoms. The maximum Gasteiger partial charge on any atom is 0.136 e. The van der Waals surface area contributed by atoms with E-state index in [4.69, 9.17) is 4.42 Å². The van der Waals surface area contributed by atoms with Crippen molar-refractivity contribution < 1.29 is 4.42 Å². The zero-order valence-corrected chi connectivity index (χ0v) is 49.9. The van der Waals surface area contributed by atoms with E-state index in [-0.39, 0.29) is 16.9 Å². The summed E-state index contributed by atoms with van der Waals surface area (Å²) in [5.74, 6) is 0. The van der Waals surface area contributed by atoms with Gasteiger partial charge >= 0.3 is 0 Å². The minimum atomic E-state index is -0.189. The standard InChI is InChI=1S/C84H64N2O/c1-51-69-49-81-73(43-61(69)29-39-79(51)85(63-31-25-55(26-32-63)53-17-9-7-10-18-53)65-35-37-67-71-41-57-21-13-15-23-59(57)45-75(71)83(3,4)77(67)47-65)74-44-62-30-40-80(52(2)70(62)50-82(74)87-81)86(64-33-27-56(28-34-64)54-19-11-8-12-20-54)66-36-38-68-72-42-58-22-14-16-24-60(58)46-76(72)84(5,6)78(68)48-66/h7-39,41-50,80H,40H2,1-6H3. The topological polar surface area (TPSA) is 19.6 Å². The second-order valence-electron chi connectivity index (χ2n) is 25.7. The Balaban J connectivity index is 0.775. The van der Waals surface area contributed by atoms with Crippen molar-refractivity contribution in [3.8, 4) is 44.5 Å². The molecule has 0 N–H and O–H groups in total. The van der Waals surface area contributed by atoms with Gasteiger partial charge in [-0.25, -0.2) is 0 Å². The molecule has 0 aliphatic heterocycles. The number of aryl methyl sites for hydroxylation is 1. The molecule has 0 amide bonds. The maximum atomic E-state index is 7.09. The Hall–Kier alpha value is -10.2. The van der Waals surface area contributed by atoms with Crippen LogP contribution in [0.1, 0.15) is 68.9 Å². The van der Waals surface area contributed by atoms with Crippen molar-refractivity contribution in [2.45, 2.75) is 64.8 Å². The minimum Gasteiger partial charge on any atom is -0.456 e. The molecule has 416 valence electrons. The number of furan rings is 1. The van der Waals surface area contributed by atoms with Crippen LogP contribution in [-0.2, 0) is 10.8 Å². The average Bonchev–Trinajstić information content (AvgIpc) is 2.10. The molecule has 3 nitrogen and oxygen atoms in total. The zero-order chi connectivity index (χ0) is 58.4. The molecule has 3 aliphatic rings. The van der Waals surface area contributed by atoms with Gasteiger partial charge < -0.3 is 14.2 Å². The van der Waals surface area contributed by atoms with Crippen LogP contribution in [0.4, 0.5) is 28.4 Å². The van der Waals surface area contributed by atoms with Gasteiger partial charge in [0.1, 0.15) is 11.2 Å². The van der Waals surface area contributed by atoms with Crippen LogP contribution >= 0.6 is 0 Å². The van der Waals surface area contributed by atoms with Gasteiger partial charge in [-0.2, -0.15) is 0 Å². The van der Waals surface area contributed by atoms with Gasteiger partial charge in [0.2, 0.25) is 0 Å². The minimum absolute atomic E-state index is 0.0581. The summed E-state index contributed by atoms with van der Waals surface area (Å²) < 4.78 is 7.09. The summed E-state index contributed by atoms with van der Waals surface area (Å²) in [5, 5.41) is 12.3. The van der Waals surface area contributed by atoms with Crippen molar-refractivity contribution in [3.63, 3.8) is 0 Å². The summed E-state index contributed by atoms with van der Waals surface area (Å²) in [6, 6.07) is 95.3. The fraction of sp³-hybridized carbons (Fsp3) is 0.119. The lowest BCUT2D eigenvalue weighted by Gasteiger charge is -2.36. The van der Waals surface area contributed by atoms with E-state index in [1.165, 1.54) is 132 Å². The summed E-state index contributed by atoms with van der Waals surface area (Å²) in [6.45, 7) is 14.2. The molecule has 0 fully saturated rings. The van der Waals surface area contributed by atoms with Crippen LogP contribution < -0.4 is 20.2 Å². The summed E-state index contributed by atoms with van der Waals surface area (Å²) in [4.78, 5) is 5.06. The number of hydrogen-bond donors (Lipinski definition) is 0. The summed E-state index contributed by atoms with van der Waals surface area (Å²) in [5.41, 5.74) is 25.3. The van der Waals surface area contributed by atoms with Gasteiger partial charge in [0, 0.05) is 50.0 Å². The predicted octanol–water partition coefficient (Wildman–Crippen LogP) is 21.3. The molecule has 14 aromatic rings. The van der Waals surface area contributed by atoms with E-state index in [2.05, 4.69) is 312 Å². The first-order valence-corrected chi connectivity index (χ1v) is 30.8. The molecule has 87 heavy (non-hydrogen) atoms. The van der Waals surface area contributed by atoms with Crippen LogP contribution in [0.2, 0.25) is 0 Å². The van der Waals surface area contributed by atoms with Gasteiger partial charge in [-0.05, 0) is 244 Å². The molecule has 0 saturated heterocycles. The molecule has 17 rings (SSSR count). The third-order valence-corrected chi connectivity index (χ3v) is 20.1. The molecular weight excluding hydrogens is 1050 g/mol. The predicted molar refractivity (Wildman–Crippen MR) is 368 cm³/mol. The third kappa shape index (κ3) is 7.95. The number of fused-ring (bicyclic) bond motifs is 13. The molecule has 1 unspecified atom stereocenters. The number of benzene rings is 13. The smallest absolute Gasteiger partial charge is 0.136 e. The largest absolute Gasteiger partial charge is 0.456 e. The van der Waals surface area contributed by atoms with Crippen LogP contribution in [0.3, 0.4) is 0 Å². The number of hydrogen-bond acceptors (Lipinski definition) is 3. The Morgan fingerprint density at radius 2 is 0.839 bits per heavy atom. The third-order valence-electron chi connectivity index (χ3n) is 20.1. The van der Waals surface area contributed by atoms with Crippen molar-refractivity contribution >= 4 is 94.3 Å². The zero-order valence-electron chi connectivity index (χ0n) is 49.9. The SMILES string of the molecule is CC1=c2cc3oc4cc5c(C)c(N(c6ccc(-c7ccccc7)cc6)c6ccc7c(c6)C(C)(C)c6cc8ccccc8cc6-7)ccc5cc4c3cc2=CCC1N(c1ccc(-c2ccccc2)cc1)c1ccc2c(c1)C(C)(C)c1cc3ccccc3cc1-2. The van der Waals surface area contributed by atoms with Crippen molar-refractivity contribution in [1.29, 1.82) is 0 Å². The van der Waals surface area contributed by atoms with E-state index in [0.29, 0.717) is 0 Å². The van der Waals surface area contributed by atoms with Crippen LogP contribution in [0.15, 0.2) is 259 Å². The van der Waals surface area contributed by atoms with Crippen molar-refractivity contribution in [2.75, 3.05) is 9.80 Å². The van der Waals surface area contributed by atoms with E-state index in [1.54, 1.807) is 0 Å². The normalized spacial score (nSPS) is 15.1. The van der Waals surface area contributed by atoms with Crippen LogP contribution in [0.5, 0.6) is 0 Å². The molecule has 0 saturated carbocycles. The fourth-order valence-corrected chi connectivity index (χ4v) is 15.4. The fourth-order valence-electron chi connectivity index (χ4n) is 15.4. The summed E-state index contributed by atoms with van der Waals surface area (Å²) in [7, 11) is 0. The molecule has 3 heteroatoms. The Morgan fingerprint density at radius 3 is 1.43 bits per heavy atom. The van der Waals surface area contributed by atoms with Gasteiger partial charge in [0.25, 0.3) is 0 Å². The Labute approximate surface area is 508 Å². The highest BCUT2D eigenvalue weighted by Gasteiger charge is 2.39. The van der Waals surface area contributed by atoms with Gasteiger partial charge in [-0.3, -0.25) is 0 Å². The van der Waals surface area contributed by atoms with Crippen molar-refractivity contribution in [2.24, 2.45) is 0 Å². The second-order valence-corrected chi connectivity index (χ2v) is 25.7. The molecule has 1 heterocycles. The lowest BCUT2D eigenvalue weighted by molar-refractivity contribution is 0.660. The van der Waals surface area contributed by atoms with Crippen LogP contribution in [-0.4, -0.2) is 6.04 Å². The molecule has 3 aliphatic carbocycles. The van der Waals surface area contributed by atoms with E-state index >= 15 is 0 Å². The average molecular weight is 1120 g/mol. The first-order valence-electron chi connectivity index (χ1n) is 30.8. The van der Waals surface area contributed by atoms with Gasteiger partial charge in [-0.1, -0.05) is 185 Å². The van der Waals surface area contributed by atoms with E-state index in [9.17, 15) is 0 Å². The van der Waals surface area contributed by atoms with Crippen LogP contribution in [0, 0.1) is 6.92 Å². The highest BCUT2D eigenvalue weighted by molar-refractivity contribution is 6.12. The molecule has 0 radical (unpaired) electrons. The molecular formula is C84H64N2O. The molecule has 13 aromatic carbocycles. The quantitative estimate of drug-likeness (QED) is 0.151. The van der Waals surface area contributed by atoms with Gasteiger partial charge in [0.15, 0.2) is 0 Å². The Kier molecular flexibility index (Phi) is 11.3. The first kappa shape index (κ1) is 51.2. The van der Waals surface area contributed by atoms with Crippen molar-refractivity contribution in [3.05, 3.63) is 293 Å². The maximum absolute atomic E-state index is 7.09. The van der Waals surface area contributed by atoms with E-state index in [1.807, 2.05) is 0 Å². The highest BCUT2D eigenvalue weighted by atomic mass is 16.3. The van der Waals surface area contributed by atoms with Crippen molar-refractivity contribution in [1.82, 2.24) is 0 Å². The lowest BCUT2D eigenvalue weighted by atomic mass is 9.81. The van der Waals surface area contributed by atoms with Gasteiger partial charge in [0.05, 0.1) is 6.04 Å². The number of rotatable bonds is 8.